The zero-order valence-corrected chi connectivity index (χ0v) is 11.0. The number of nitrogens with zero attached hydrogens (tertiary/aromatic N) is 1. The van der Waals surface area contributed by atoms with Crippen LogP contribution in [-0.4, -0.2) is 57.0 Å². The Morgan fingerprint density at radius 1 is 1.47 bits per heavy atom. The molecule has 90 valence electrons. The molecule has 2 N–H and O–H groups in total. The van der Waals surface area contributed by atoms with Gasteiger partial charge < -0.3 is 20.3 Å². The molecule has 5 heteroatoms. The van der Waals surface area contributed by atoms with E-state index in [1.54, 1.807) is 7.11 Å². The average molecular weight is 233 g/mol. The zero-order valence-electron chi connectivity index (χ0n) is 10.2. The Bertz CT molecular complexity index is 176. The van der Waals surface area contributed by atoms with Gasteiger partial charge in [-0.1, -0.05) is 0 Å². The molecule has 15 heavy (non-hydrogen) atoms. The maximum atomic E-state index is 5.13. The van der Waals surface area contributed by atoms with Crippen molar-refractivity contribution in [2.24, 2.45) is 0 Å². The first-order valence-electron chi connectivity index (χ1n) is 5.24. The molecular formula is C10H23N3OS. The molecule has 0 radical (unpaired) electrons. The fraction of sp³-hybridized carbons (Fsp3) is 0.900. The first kappa shape index (κ1) is 14.6. The van der Waals surface area contributed by atoms with Gasteiger partial charge in [0.25, 0.3) is 0 Å². The van der Waals surface area contributed by atoms with Gasteiger partial charge in [-0.05, 0) is 46.2 Å². The molecule has 1 unspecified atom stereocenters. The Hall–Kier alpha value is -0.390. The maximum absolute atomic E-state index is 5.13. The van der Waals surface area contributed by atoms with Gasteiger partial charge in [-0.25, -0.2) is 0 Å². The first-order chi connectivity index (χ1) is 7.06. The van der Waals surface area contributed by atoms with Gasteiger partial charge in [0.15, 0.2) is 5.11 Å². The summed E-state index contributed by atoms with van der Waals surface area (Å²) in [5, 5.41) is 7.02. The van der Waals surface area contributed by atoms with E-state index < -0.39 is 0 Å². The van der Waals surface area contributed by atoms with Crippen LogP contribution < -0.4 is 10.6 Å². The van der Waals surface area contributed by atoms with E-state index in [-0.39, 0.29) is 6.04 Å². The summed E-state index contributed by atoms with van der Waals surface area (Å²) in [6.45, 7) is 4.68. The topological polar surface area (TPSA) is 36.5 Å². The van der Waals surface area contributed by atoms with Crippen molar-refractivity contribution in [2.45, 2.75) is 19.4 Å². The summed E-state index contributed by atoms with van der Waals surface area (Å²) in [4.78, 5) is 2.16. The molecule has 0 heterocycles. The Balaban J connectivity index is 3.40. The Morgan fingerprint density at radius 2 is 2.13 bits per heavy atom. The molecule has 0 aliphatic carbocycles. The van der Waals surface area contributed by atoms with Crippen molar-refractivity contribution in [2.75, 3.05) is 40.9 Å². The van der Waals surface area contributed by atoms with Gasteiger partial charge in [0, 0.05) is 19.7 Å². The fourth-order valence-corrected chi connectivity index (χ4v) is 1.47. The summed E-state index contributed by atoms with van der Waals surface area (Å²) in [6.07, 6.45) is 1.09. The second kappa shape index (κ2) is 8.88. The Morgan fingerprint density at radius 3 is 2.67 bits per heavy atom. The Labute approximate surface area is 98.4 Å². The SMILES string of the molecule is COCC(C)NC(=S)NCCCN(C)C. The van der Waals surface area contributed by atoms with Crippen molar-refractivity contribution in [1.29, 1.82) is 0 Å². The van der Waals surface area contributed by atoms with Crippen molar-refractivity contribution in [1.82, 2.24) is 15.5 Å². The first-order valence-corrected chi connectivity index (χ1v) is 5.65. The number of thiocarbonyl (C=S) groups is 1. The smallest absolute Gasteiger partial charge is 0.166 e. The van der Waals surface area contributed by atoms with Crippen LogP contribution in [0.25, 0.3) is 0 Å². The van der Waals surface area contributed by atoms with Crippen LogP contribution in [0.1, 0.15) is 13.3 Å². The lowest BCUT2D eigenvalue weighted by atomic mass is 10.4. The fourth-order valence-electron chi connectivity index (χ4n) is 1.16. The van der Waals surface area contributed by atoms with E-state index >= 15 is 0 Å². The standard InChI is InChI=1S/C10H23N3OS/c1-9(8-14-4)12-10(15)11-6-5-7-13(2)3/h9H,5-8H2,1-4H3,(H2,11,12,15). The molecule has 0 saturated carbocycles. The third-order valence-electron chi connectivity index (χ3n) is 1.86. The molecule has 0 aromatic carbocycles. The highest BCUT2D eigenvalue weighted by atomic mass is 32.1. The van der Waals surface area contributed by atoms with Gasteiger partial charge in [0.2, 0.25) is 0 Å². The summed E-state index contributed by atoms with van der Waals surface area (Å²) < 4.78 is 5.01. The largest absolute Gasteiger partial charge is 0.383 e. The van der Waals surface area contributed by atoms with Gasteiger partial charge in [0.05, 0.1) is 6.61 Å². The van der Waals surface area contributed by atoms with Crippen molar-refractivity contribution in [3.8, 4) is 0 Å². The molecule has 0 aromatic heterocycles. The van der Waals surface area contributed by atoms with E-state index in [0.717, 1.165) is 19.5 Å². The summed E-state index contributed by atoms with van der Waals surface area (Å²) >= 11 is 5.13. The molecule has 0 saturated heterocycles. The number of ether oxygens (including phenoxy) is 1. The van der Waals surface area contributed by atoms with E-state index in [1.807, 2.05) is 6.92 Å². The number of nitrogens with one attached hydrogen (secondary N) is 2. The number of hydrogen-bond acceptors (Lipinski definition) is 3. The highest BCUT2D eigenvalue weighted by molar-refractivity contribution is 7.80. The second-order valence-electron chi connectivity index (χ2n) is 3.91. The van der Waals surface area contributed by atoms with E-state index in [4.69, 9.17) is 17.0 Å². The lowest BCUT2D eigenvalue weighted by molar-refractivity contribution is 0.179. The van der Waals surface area contributed by atoms with Gasteiger partial charge >= 0.3 is 0 Å². The molecule has 1 atom stereocenters. The predicted molar refractivity (Wildman–Crippen MR) is 68.2 cm³/mol. The quantitative estimate of drug-likeness (QED) is 0.493. The summed E-state index contributed by atoms with van der Waals surface area (Å²) in [5.74, 6) is 0. The molecule has 4 nitrogen and oxygen atoms in total. The van der Waals surface area contributed by atoms with Crippen LogP contribution in [0.15, 0.2) is 0 Å². The lowest BCUT2D eigenvalue weighted by Gasteiger charge is -2.16. The van der Waals surface area contributed by atoms with Crippen molar-refractivity contribution in [3.63, 3.8) is 0 Å². The molecule has 0 amide bonds. The minimum absolute atomic E-state index is 0.254. The van der Waals surface area contributed by atoms with Gasteiger partial charge in [-0.15, -0.1) is 0 Å². The van der Waals surface area contributed by atoms with Gasteiger partial charge in [-0.3, -0.25) is 0 Å². The Kier molecular flexibility index (Phi) is 8.65. The predicted octanol–water partition coefficient (Wildman–Crippen LogP) is 0.437. The van der Waals surface area contributed by atoms with E-state index in [0.29, 0.717) is 11.7 Å². The summed E-state index contributed by atoms with van der Waals surface area (Å²) in [7, 11) is 5.82. The monoisotopic (exact) mass is 233 g/mol. The summed E-state index contributed by atoms with van der Waals surface area (Å²) in [6, 6.07) is 0.254. The average Bonchev–Trinajstić information content (AvgIpc) is 2.12. The van der Waals surface area contributed by atoms with Gasteiger partial charge in [0.1, 0.15) is 0 Å². The van der Waals surface area contributed by atoms with Crippen LogP contribution in [0, 0.1) is 0 Å². The van der Waals surface area contributed by atoms with Crippen LogP contribution in [0.4, 0.5) is 0 Å². The minimum atomic E-state index is 0.254. The van der Waals surface area contributed by atoms with E-state index in [9.17, 15) is 0 Å². The molecule has 0 fully saturated rings. The molecule has 0 rings (SSSR count). The van der Waals surface area contributed by atoms with Crippen molar-refractivity contribution in [3.05, 3.63) is 0 Å². The normalized spacial score (nSPS) is 12.6. The number of rotatable bonds is 7. The van der Waals surface area contributed by atoms with Crippen molar-refractivity contribution >= 4 is 17.3 Å². The van der Waals surface area contributed by atoms with Crippen LogP contribution in [0.5, 0.6) is 0 Å². The molecule has 0 bridgehead atoms. The molecule has 0 spiro atoms. The molecular weight excluding hydrogens is 210 g/mol. The number of methoxy groups -OCH3 is 1. The van der Waals surface area contributed by atoms with Crippen LogP contribution >= 0.6 is 12.2 Å². The van der Waals surface area contributed by atoms with E-state index in [1.165, 1.54) is 0 Å². The minimum Gasteiger partial charge on any atom is -0.383 e. The van der Waals surface area contributed by atoms with E-state index in [2.05, 4.69) is 29.6 Å². The van der Waals surface area contributed by atoms with Crippen LogP contribution in [0.3, 0.4) is 0 Å². The molecule has 0 aliphatic rings. The highest BCUT2D eigenvalue weighted by Gasteiger charge is 2.02. The number of hydrogen-bond donors (Lipinski definition) is 2. The molecule has 0 aliphatic heterocycles. The maximum Gasteiger partial charge on any atom is 0.166 e. The van der Waals surface area contributed by atoms with Crippen molar-refractivity contribution < 1.29 is 4.74 Å². The summed E-state index contributed by atoms with van der Waals surface area (Å²) in [5.41, 5.74) is 0. The lowest BCUT2D eigenvalue weighted by Crippen LogP contribution is -2.43. The molecule has 0 aromatic rings. The third kappa shape index (κ3) is 9.90. The van der Waals surface area contributed by atoms with Crippen LogP contribution in [0.2, 0.25) is 0 Å². The highest BCUT2D eigenvalue weighted by Crippen LogP contribution is 1.84. The second-order valence-corrected chi connectivity index (χ2v) is 4.32. The van der Waals surface area contributed by atoms with Crippen LogP contribution in [-0.2, 0) is 4.74 Å². The zero-order chi connectivity index (χ0) is 11.7. The van der Waals surface area contributed by atoms with Gasteiger partial charge in [-0.2, -0.15) is 0 Å². The third-order valence-corrected chi connectivity index (χ3v) is 2.12.